The Hall–Kier alpha value is -3.84. The maximum atomic E-state index is 13.3. The van der Waals surface area contributed by atoms with Gasteiger partial charge in [0.05, 0.1) is 0 Å². The lowest BCUT2D eigenvalue weighted by Crippen LogP contribution is -2.45. The lowest BCUT2D eigenvalue weighted by molar-refractivity contribution is -0.118. The van der Waals surface area contributed by atoms with Crippen molar-refractivity contribution in [2.45, 2.75) is 52.0 Å². The van der Waals surface area contributed by atoms with Gasteiger partial charge in [-0.1, -0.05) is 103 Å². The van der Waals surface area contributed by atoms with Crippen molar-refractivity contribution >= 4 is 28.3 Å². The van der Waals surface area contributed by atoms with Crippen LogP contribution in [0.25, 0.3) is 10.6 Å². The lowest BCUT2D eigenvalue weighted by atomic mass is 10.0. The van der Waals surface area contributed by atoms with E-state index in [1.54, 1.807) is 0 Å². The summed E-state index contributed by atoms with van der Waals surface area (Å²) in [7, 11) is 0. The second-order valence-electron chi connectivity index (χ2n) is 9.14. The van der Waals surface area contributed by atoms with E-state index in [0.29, 0.717) is 17.1 Å². The molecule has 0 saturated carbocycles. The fourth-order valence-electron chi connectivity index (χ4n) is 3.98. The van der Waals surface area contributed by atoms with Crippen LogP contribution in [0.2, 0.25) is 0 Å². The fraction of sp³-hybridized carbons (Fsp3) is 0.267. The molecule has 6 nitrogen and oxygen atoms in total. The first-order valence-corrected chi connectivity index (χ1v) is 13.5. The zero-order valence-corrected chi connectivity index (χ0v) is 22.1. The van der Waals surface area contributed by atoms with Crippen molar-refractivity contribution in [1.82, 2.24) is 15.5 Å². The Labute approximate surface area is 222 Å². The summed E-state index contributed by atoms with van der Waals surface area (Å²) in [5.74, 6) is -0.617. The second kappa shape index (κ2) is 12.9. The highest BCUT2D eigenvalue weighted by Gasteiger charge is 2.23. The zero-order chi connectivity index (χ0) is 26.0. The molecule has 0 aliphatic carbocycles. The molecule has 2 N–H and O–H groups in total. The molecule has 1 heterocycles. The summed E-state index contributed by atoms with van der Waals surface area (Å²) in [5.41, 5.74) is 4.79. The van der Waals surface area contributed by atoms with E-state index < -0.39 is 6.04 Å². The van der Waals surface area contributed by atoms with Crippen LogP contribution >= 0.6 is 11.3 Å². The lowest BCUT2D eigenvalue weighted by Gasteiger charge is -2.18. The molecule has 7 heteroatoms. The van der Waals surface area contributed by atoms with Gasteiger partial charge in [-0.3, -0.25) is 14.9 Å². The topological polar surface area (TPSA) is 84.0 Å². The van der Waals surface area contributed by atoms with Crippen LogP contribution in [0.4, 0.5) is 5.13 Å². The third-order valence-electron chi connectivity index (χ3n) is 6.14. The Bertz CT molecular complexity index is 1300. The molecule has 0 fully saturated rings. The highest BCUT2D eigenvalue weighted by molar-refractivity contribution is 7.18. The highest BCUT2D eigenvalue weighted by Crippen LogP contribution is 2.26. The van der Waals surface area contributed by atoms with Gasteiger partial charge in [-0.25, -0.2) is 0 Å². The van der Waals surface area contributed by atoms with E-state index in [2.05, 4.69) is 27.8 Å². The van der Waals surface area contributed by atoms with E-state index in [-0.39, 0.29) is 11.8 Å². The fourth-order valence-corrected chi connectivity index (χ4v) is 4.73. The van der Waals surface area contributed by atoms with Crippen molar-refractivity contribution in [2.24, 2.45) is 0 Å². The number of anilines is 1. The molecule has 0 saturated heterocycles. The van der Waals surface area contributed by atoms with E-state index in [1.165, 1.54) is 29.7 Å². The van der Waals surface area contributed by atoms with Gasteiger partial charge in [-0.2, -0.15) is 0 Å². The number of benzene rings is 3. The maximum Gasteiger partial charge on any atom is 0.251 e. The summed E-state index contributed by atoms with van der Waals surface area (Å²) < 4.78 is 0. The Kier molecular flexibility index (Phi) is 9.16. The Morgan fingerprint density at radius 3 is 2.30 bits per heavy atom. The standard InChI is InChI=1S/C30H32N4O2S/c1-3-4-6-9-22-14-18-24(19-15-22)27(35)31-26(20-23-10-7-5-8-11-23)28(36)32-30-34-33-29(37-30)25-16-12-21(2)13-17-25/h5,7-8,10-19,26H,3-4,6,9,20H2,1-2H3,(H,31,35)(H,32,34,36). The van der Waals surface area contributed by atoms with E-state index in [4.69, 9.17) is 0 Å². The number of carbonyl (C=O) groups is 2. The number of unbranched alkanes of at least 4 members (excludes halogenated alkanes) is 2. The monoisotopic (exact) mass is 512 g/mol. The molecule has 3 aromatic carbocycles. The summed E-state index contributed by atoms with van der Waals surface area (Å²) in [5, 5.41) is 15.3. The van der Waals surface area contributed by atoms with Gasteiger partial charge >= 0.3 is 0 Å². The highest BCUT2D eigenvalue weighted by atomic mass is 32.1. The van der Waals surface area contributed by atoms with Crippen LogP contribution in [-0.4, -0.2) is 28.1 Å². The molecule has 0 aliphatic heterocycles. The average molecular weight is 513 g/mol. The normalized spacial score (nSPS) is 11.6. The smallest absolute Gasteiger partial charge is 0.251 e. The first kappa shape index (κ1) is 26.2. The molecule has 1 aromatic heterocycles. The summed E-state index contributed by atoms with van der Waals surface area (Å²) in [6.45, 7) is 4.21. The first-order chi connectivity index (χ1) is 18.0. The molecule has 190 valence electrons. The zero-order valence-electron chi connectivity index (χ0n) is 21.2. The van der Waals surface area contributed by atoms with Crippen molar-refractivity contribution in [2.75, 3.05) is 5.32 Å². The van der Waals surface area contributed by atoms with Crippen molar-refractivity contribution < 1.29 is 9.59 Å². The third-order valence-corrected chi connectivity index (χ3v) is 7.03. The maximum absolute atomic E-state index is 13.3. The van der Waals surface area contributed by atoms with Crippen molar-refractivity contribution in [3.63, 3.8) is 0 Å². The van der Waals surface area contributed by atoms with Crippen LogP contribution < -0.4 is 10.6 Å². The Balaban J connectivity index is 1.45. The van der Waals surface area contributed by atoms with Crippen LogP contribution in [0.5, 0.6) is 0 Å². The van der Waals surface area contributed by atoms with Gasteiger partial charge in [0.2, 0.25) is 11.0 Å². The Morgan fingerprint density at radius 1 is 0.865 bits per heavy atom. The van der Waals surface area contributed by atoms with E-state index in [0.717, 1.165) is 34.5 Å². The van der Waals surface area contributed by atoms with Crippen LogP contribution in [-0.2, 0) is 17.6 Å². The largest absolute Gasteiger partial charge is 0.340 e. The van der Waals surface area contributed by atoms with Crippen LogP contribution in [0.15, 0.2) is 78.9 Å². The van der Waals surface area contributed by atoms with Crippen molar-refractivity contribution in [1.29, 1.82) is 0 Å². The average Bonchev–Trinajstić information content (AvgIpc) is 3.38. The molecule has 0 radical (unpaired) electrons. The minimum atomic E-state index is -0.772. The van der Waals surface area contributed by atoms with Crippen LogP contribution in [0, 0.1) is 6.92 Å². The SMILES string of the molecule is CCCCCc1ccc(C(=O)NC(Cc2ccccc2)C(=O)Nc2nnc(-c3ccc(C)cc3)s2)cc1. The third kappa shape index (κ3) is 7.57. The summed E-state index contributed by atoms with van der Waals surface area (Å²) >= 11 is 1.30. The van der Waals surface area contributed by atoms with Gasteiger partial charge in [0.25, 0.3) is 5.91 Å². The molecule has 0 bridgehead atoms. The first-order valence-electron chi connectivity index (χ1n) is 12.7. The molecule has 4 aromatic rings. The number of nitrogens with one attached hydrogen (secondary N) is 2. The van der Waals surface area contributed by atoms with Crippen LogP contribution in [0.3, 0.4) is 0 Å². The van der Waals surface area contributed by atoms with Gasteiger partial charge in [0, 0.05) is 17.5 Å². The number of hydrogen-bond acceptors (Lipinski definition) is 5. The van der Waals surface area contributed by atoms with Gasteiger partial charge in [-0.05, 0) is 43.0 Å². The predicted molar refractivity (Wildman–Crippen MR) is 150 cm³/mol. The summed E-state index contributed by atoms with van der Waals surface area (Å²) in [4.78, 5) is 26.4. The van der Waals surface area contributed by atoms with Gasteiger partial charge in [0.15, 0.2) is 0 Å². The molecular formula is C30H32N4O2S. The van der Waals surface area contributed by atoms with Crippen LogP contribution in [0.1, 0.15) is 53.2 Å². The Morgan fingerprint density at radius 2 is 1.59 bits per heavy atom. The summed E-state index contributed by atoms with van der Waals surface area (Å²) in [6, 6.07) is 24.5. The molecule has 37 heavy (non-hydrogen) atoms. The minimum absolute atomic E-state index is 0.284. The molecule has 0 spiro atoms. The number of nitrogens with zero attached hydrogens (tertiary/aromatic N) is 2. The number of amides is 2. The number of carbonyl (C=O) groups excluding carboxylic acids is 2. The number of hydrogen-bond donors (Lipinski definition) is 2. The molecule has 2 amide bonds. The number of rotatable bonds is 11. The minimum Gasteiger partial charge on any atom is -0.340 e. The molecule has 1 atom stereocenters. The van der Waals surface area contributed by atoms with E-state index in [9.17, 15) is 9.59 Å². The van der Waals surface area contributed by atoms with Gasteiger partial charge in [0.1, 0.15) is 11.0 Å². The van der Waals surface area contributed by atoms with E-state index in [1.807, 2.05) is 85.8 Å². The molecule has 1 unspecified atom stereocenters. The van der Waals surface area contributed by atoms with Crippen molar-refractivity contribution in [3.8, 4) is 10.6 Å². The molecular weight excluding hydrogens is 480 g/mol. The molecule has 0 aliphatic rings. The second-order valence-corrected chi connectivity index (χ2v) is 10.1. The number of aromatic nitrogens is 2. The predicted octanol–water partition coefficient (Wildman–Crippen LogP) is 6.23. The van der Waals surface area contributed by atoms with Gasteiger partial charge in [-0.15, -0.1) is 10.2 Å². The van der Waals surface area contributed by atoms with E-state index >= 15 is 0 Å². The van der Waals surface area contributed by atoms with Gasteiger partial charge < -0.3 is 5.32 Å². The summed E-state index contributed by atoms with van der Waals surface area (Å²) in [6.07, 6.45) is 4.87. The quantitative estimate of drug-likeness (QED) is 0.234. The number of aryl methyl sites for hydroxylation is 2. The molecule has 4 rings (SSSR count). The van der Waals surface area contributed by atoms with Crippen molar-refractivity contribution in [3.05, 3.63) is 101 Å².